The summed E-state index contributed by atoms with van der Waals surface area (Å²) < 4.78 is 0. The highest BCUT2D eigenvalue weighted by atomic mass is 32.2. The van der Waals surface area contributed by atoms with Crippen LogP contribution in [0.1, 0.15) is 24.3 Å². The van der Waals surface area contributed by atoms with E-state index in [0.29, 0.717) is 0 Å². The van der Waals surface area contributed by atoms with Crippen LogP contribution in [-0.4, -0.2) is 0 Å². The summed E-state index contributed by atoms with van der Waals surface area (Å²) in [5, 5.41) is 2.18. The lowest BCUT2D eigenvalue weighted by atomic mass is 10.0. The maximum Gasteiger partial charge on any atom is 0.0441 e. The number of rotatable bonds is 0. The van der Waals surface area contributed by atoms with Crippen LogP contribution in [0.25, 0.3) is 11.1 Å². The fourth-order valence-electron chi connectivity index (χ4n) is 2.01. The number of allylic oxidation sites excluding steroid dienone is 2. The molecular weight excluding hydrogens is 232 g/mol. The second-order valence-electron chi connectivity index (χ2n) is 3.96. The molecule has 0 radical (unpaired) electrons. The van der Waals surface area contributed by atoms with Crippen molar-refractivity contribution in [3.63, 3.8) is 0 Å². The Balaban J connectivity index is 2.32. The average Bonchev–Trinajstić information content (AvgIpc) is 2.72. The van der Waals surface area contributed by atoms with Gasteiger partial charge in [-0.3, -0.25) is 0 Å². The zero-order valence-electron chi connectivity index (χ0n) is 9.28. The van der Waals surface area contributed by atoms with Gasteiger partial charge in [0.15, 0.2) is 0 Å². The average molecular weight is 244 g/mol. The second-order valence-corrected chi connectivity index (χ2v) is 5.96. The van der Waals surface area contributed by atoms with Gasteiger partial charge in [-0.05, 0) is 48.1 Å². The molecule has 0 bridgehead atoms. The molecule has 2 heteroatoms. The quantitative estimate of drug-likeness (QED) is 0.616. The predicted octanol–water partition coefficient (Wildman–Crippen LogP) is 5.16. The van der Waals surface area contributed by atoms with E-state index in [0.717, 1.165) is 0 Å². The van der Waals surface area contributed by atoms with E-state index in [9.17, 15) is 0 Å². The number of benzene rings is 1. The van der Waals surface area contributed by atoms with E-state index < -0.39 is 0 Å². The summed E-state index contributed by atoms with van der Waals surface area (Å²) in [7, 11) is 0. The van der Waals surface area contributed by atoms with Gasteiger partial charge in [0.2, 0.25) is 0 Å². The van der Waals surface area contributed by atoms with Crippen LogP contribution in [-0.2, 0) is 0 Å². The lowest BCUT2D eigenvalue weighted by Crippen LogP contribution is -1.83. The first-order valence-corrected chi connectivity index (χ1v) is 6.99. The number of hydrogen-bond acceptors (Lipinski definition) is 2. The Kier molecular flexibility index (Phi) is 2.41. The van der Waals surface area contributed by atoms with E-state index in [4.69, 9.17) is 0 Å². The molecule has 0 atom stereocenters. The Hall–Kier alpha value is -0.990. The van der Waals surface area contributed by atoms with Gasteiger partial charge in [-0.1, -0.05) is 30.0 Å². The monoisotopic (exact) mass is 244 g/mol. The van der Waals surface area contributed by atoms with Gasteiger partial charge in [0.25, 0.3) is 0 Å². The van der Waals surface area contributed by atoms with Crippen LogP contribution in [0, 0.1) is 0 Å². The smallest absolute Gasteiger partial charge is 0.0441 e. The summed E-state index contributed by atoms with van der Waals surface area (Å²) in [5.41, 5.74) is 4.21. The summed E-state index contributed by atoms with van der Waals surface area (Å²) >= 11 is 3.73. The molecule has 80 valence electrons. The zero-order valence-corrected chi connectivity index (χ0v) is 10.9. The van der Waals surface area contributed by atoms with Crippen LogP contribution >= 0.6 is 23.1 Å². The maximum atomic E-state index is 2.23. The summed E-state index contributed by atoms with van der Waals surface area (Å²) in [5.74, 6) is 0. The highest BCUT2D eigenvalue weighted by molar-refractivity contribution is 7.99. The Morgan fingerprint density at radius 1 is 0.875 bits per heavy atom. The lowest BCUT2D eigenvalue weighted by molar-refractivity contribution is 1.38. The van der Waals surface area contributed by atoms with E-state index in [1.165, 1.54) is 31.4 Å². The van der Waals surface area contributed by atoms with E-state index in [2.05, 4.69) is 49.6 Å². The molecule has 1 aliphatic rings. The largest absolute Gasteiger partial charge is 0.143 e. The highest BCUT2D eigenvalue weighted by Crippen LogP contribution is 2.45. The van der Waals surface area contributed by atoms with Crippen LogP contribution < -0.4 is 0 Å². The molecule has 1 aromatic carbocycles. The normalized spacial score (nSPS) is 14.4. The standard InChI is InChI=1S/C14H12S2/c1-9-10(2)14-13(7-8-15-14)16-12-6-4-3-5-11(9)12/h3-8H,1-2H3. The van der Waals surface area contributed by atoms with Crippen molar-refractivity contribution < 1.29 is 0 Å². The van der Waals surface area contributed by atoms with Gasteiger partial charge in [-0.15, -0.1) is 11.3 Å². The summed E-state index contributed by atoms with van der Waals surface area (Å²) in [4.78, 5) is 4.20. The van der Waals surface area contributed by atoms with Gasteiger partial charge in [0.1, 0.15) is 0 Å². The van der Waals surface area contributed by atoms with Crippen molar-refractivity contribution in [1.29, 1.82) is 0 Å². The van der Waals surface area contributed by atoms with Crippen molar-refractivity contribution in [1.82, 2.24) is 0 Å². The third kappa shape index (κ3) is 1.45. The summed E-state index contributed by atoms with van der Waals surface area (Å²) in [6.07, 6.45) is 0. The number of thiophene rings is 1. The molecule has 3 rings (SSSR count). The van der Waals surface area contributed by atoms with Crippen molar-refractivity contribution in [3.05, 3.63) is 46.2 Å². The molecule has 16 heavy (non-hydrogen) atoms. The van der Waals surface area contributed by atoms with E-state index in [1.807, 2.05) is 23.1 Å². The molecule has 0 N–H and O–H groups in total. The van der Waals surface area contributed by atoms with Crippen molar-refractivity contribution in [2.45, 2.75) is 23.6 Å². The van der Waals surface area contributed by atoms with Crippen LogP contribution in [0.2, 0.25) is 0 Å². The van der Waals surface area contributed by atoms with Crippen LogP contribution in [0.15, 0.2) is 45.5 Å². The minimum absolute atomic E-state index is 1.37. The lowest BCUT2D eigenvalue weighted by Gasteiger charge is -2.06. The second kappa shape index (κ2) is 3.79. The van der Waals surface area contributed by atoms with E-state index >= 15 is 0 Å². The fourth-order valence-corrected chi connectivity index (χ4v) is 4.31. The third-order valence-electron chi connectivity index (χ3n) is 3.04. The van der Waals surface area contributed by atoms with Crippen LogP contribution in [0.5, 0.6) is 0 Å². The Bertz CT molecular complexity index is 576. The first kappa shape index (κ1) is 10.2. The molecule has 2 heterocycles. The first-order valence-electron chi connectivity index (χ1n) is 5.30. The van der Waals surface area contributed by atoms with Crippen LogP contribution in [0.3, 0.4) is 0 Å². The summed E-state index contributed by atoms with van der Waals surface area (Å²) in [6, 6.07) is 10.9. The topological polar surface area (TPSA) is 0 Å². The van der Waals surface area contributed by atoms with Gasteiger partial charge in [0.05, 0.1) is 0 Å². The molecule has 0 saturated carbocycles. The molecule has 1 aliphatic heterocycles. The van der Waals surface area contributed by atoms with Gasteiger partial charge in [0, 0.05) is 14.7 Å². The van der Waals surface area contributed by atoms with Gasteiger partial charge in [-0.25, -0.2) is 0 Å². The molecule has 0 spiro atoms. The van der Waals surface area contributed by atoms with Gasteiger partial charge >= 0.3 is 0 Å². The molecule has 0 amide bonds. The predicted molar refractivity (Wildman–Crippen MR) is 73.0 cm³/mol. The van der Waals surface area contributed by atoms with Gasteiger partial charge < -0.3 is 0 Å². The number of hydrogen-bond donors (Lipinski definition) is 0. The molecule has 0 unspecified atom stereocenters. The number of fused-ring (bicyclic) bond motifs is 2. The van der Waals surface area contributed by atoms with E-state index in [1.54, 1.807) is 0 Å². The molecule has 0 saturated heterocycles. The molecule has 0 fully saturated rings. The van der Waals surface area contributed by atoms with Gasteiger partial charge in [-0.2, -0.15) is 0 Å². The minimum atomic E-state index is 1.37. The van der Waals surface area contributed by atoms with Crippen molar-refractivity contribution in [3.8, 4) is 0 Å². The SMILES string of the molecule is CC1=C(C)c2sccc2Sc2ccccc21. The Morgan fingerprint density at radius 3 is 2.56 bits per heavy atom. The Labute approximate surface area is 104 Å². The zero-order chi connectivity index (χ0) is 11.1. The molecule has 0 nitrogen and oxygen atoms in total. The third-order valence-corrected chi connectivity index (χ3v) is 5.34. The molecule has 0 aliphatic carbocycles. The van der Waals surface area contributed by atoms with Crippen molar-refractivity contribution >= 4 is 34.2 Å². The highest BCUT2D eigenvalue weighted by Gasteiger charge is 2.17. The van der Waals surface area contributed by atoms with Crippen molar-refractivity contribution in [2.75, 3.05) is 0 Å². The summed E-state index contributed by atoms with van der Waals surface area (Å²) in [6.45, 7) is 4.46. The van der Waals surface area contributed by atoms with Crippen molar-refractivity contribution in [2.24, 2.45) is 0 Å². The van der Waals surface area contributed by atoms with E-state index in [-0.39, 0.29) is 0 Å². The molecular formula is C14H12S2. The first-order chi connectivity index (χ1) is 7.77. The Morgan fingerprint density at radius 2 is 1.69 bits per heavy atom. The molecule has 2 aromatic rings. The maximum absolute atomic E-state index is 2.23. The fraction of sp³-hybridized carbons (Fsp3) is 0.143. The molecule has 1 aromatic heterocycles. The van der Waals surface area contributed by atoms with Crippen LogP contribution in [0.4, 0.5) is 0 Å². The minimum Gasteiger partial charge on any atom is -0.143 e.